The molecule has 1 aliphatic rings. The Morgan fingerprint density at radius 2 is 2.00 bits per heavy atom. The number of aliphatic carboxylic acids is 1. The summed E-state index contributed by atoms with van der Waals surface area (Å²) in [6.45, 7) is 0.617. The molecule has 1 aromatic carbocycles. The third kappa shape index (κ3) is 3.78. The van der Waals surface area contributed by atoms with E-state index in [9.17, 15) is 14.7 Å². The van der Waals surface area contributed by atoms with Gasteiger partial charge in [0.05, 0.1) is 12.2 Å². The van der Waals surface area contributed by atoms with Crippen molar-refractivity contribution in [2.45, 2.75) is 6.42 Å². The predicted molar refractivity (Wildman–Crippen MR) is 101 cm³/mol. The van der Waals surface area contributed by atoms with Gasteiger partial charge in [0.1, 0.15) is 11.2 Å². The number of para-hydroxylation sites is 1. The molecule has 27 heavy (non-hydrogen) atoms. The van der Waals surface area contributed by atoms with E-state index in [0.29, 0.717) is 18.5 Å². The summed E-state index contributed by atoms with van der Waals surface area (Å²) >= 11 is 0. The van der Waals surface area contributed by atoms with Crippen molar-refractivity contribution in [1.29, 1.82) is 0 Å². The molecule has 0 saturated carbocycles. The van der Waals surface area contributed by atoms with Crippen LogP contribution < -0.4 is 4.90 Å². The van der Waals surface area contributed by atoms with E-state index in [-0.39, 0.29) is 19.1 Å². The summed E-state index contributed by atoms with van der Waals surface area (Å²) in [7, 11) is 3.38. The van der Waals surface area contributed by atoms with Crippen molar-refractivity contribution in [1.82, 2.24) is 9.88 Å². The maximum absolute atomic E-state index is 12.8. The van der Waals surface area contributed by atoms with Crippen molar-refractivity contribution in [2.75, 3.05) is 38.8 Å². The molecule has 2 aromatic rings. The normalized spacial score (nSPS) is 19.1. The van der Waals surface area contributed by atoms with Crippen LogP contribution in [-0.2, 0) is 9.53 Å². The number of hydrogen-bond acceptors (Lipinski definition) is 5. The molecule has 7 nitrogen and oxygen atoms in total. The molecule has 1 fully saturated rings. The minimum atomic E-state index is -1.04. The van der Waals surface area contributed by atoms with Crippen molar-refractivity contribution in [3.63, 3.8) is 0 Å². The number of carboxylic acids is 1. The number of pyridine rings is 1. The molecule has 142 valence electrons. The van der Waals surface area contributed by atoms with Crippen molar-refractivity contribution in [3.05, 3.63) is 54.2 Å². The fourth-order valence-electron chi connectivity index (χ4n) is 3.35. The Bertz CT molecular complexity index is 810. The monoisotopic (exact) mass is 369 g/mol. The van der Waals surface area contributed by atoms with Gasteiger partial charge in [-0.1, -0.05) is 18.2 Å². The number of nitrogens with zero attached hydrogens (tertiary/aromatic N) is 3. The SMILES string of the molecule is COCC1(C(=O)O)CCN(C(=O)c2ccc(N(C)c3ccccc3)nc2)C1. The maximum Gasteiger partial charge on any atom is 0.313 e. The van der Waals surface area contributed by atoms with Crippen LogP contribution in [0.15, 0.2) is 48.7 Å². The smallest absolute Gasteiger partial charge is 0.313 e. The van der Waals surface area contributed by atoms with E-state index in [4.69, 9.17) is 4.74 Å². The number of carbonyl (C=O) groups excluding carboxylic acids is 1. The van der Waals surface area contributed by atoms with E-state index in [0.717, 1.165) is 11.5 Å². The minimum Gasteiger partial charge on any atom is -0.481 e. The number of methoxy groups -OCH3 is 1. The number of rotatable bonds is 6. The van der Waals surface area contributed by atoms with Gasteiger partial charge in [0.2, 0.25) is 0 Å². The number of hydrogen-bond donors (Lipinski definition) is 1. The molecule has 1 N–H and O–H groups in total. The zero-order valence-corrected chi connectivity index (χ0v) is 15.5. The van der Waals surface area contributed by atoms with Crippen LogP contribution in [0.1, 0.15) is 16.8 Å². The lowest BCUT2D eigenvalue weighted by molar-refractivity contribution is -0.151. The average Bonchev–Trinajstić information content (AvgIpc) is 3.13. The molecule has 1 saturated heterocycles. The van der Waals surface area contributed by atoms with E-state index in [1.807, 2.05) is 42.3 Å². The first-order chi connectivity index (χ1) is 13.0. The number of benzene rings is 1. The molecular weight excluding hydrogens is 346 g/mol. The van der Waals surface area contributed by atoms with Crippen LogP contribution in [0.4, 0.5) is 11.5 Å². The van der Waals surface area contributed by atoms with E-state index in [1.165, 1.54) is 13.3 Å². The van der Waals surface area contributed by atoms with Crippen LogP contribution in [0.25, 0.3) is 0 Å². The number of anilines is 2. The highest BCUT2D eigenvalue weighted by Crippen LogP contribution is 2.32. The fourth-order valence-corrected chi connectivity index (χ4v) is 3.35. The first-order valence-corrected chi connectivity index (χ1v) is 8.73. The van der Waals surface area contributed by atoms with Crippen LogP contribution in [-0.4, -0.2) is 60.7 Å². The number of aromatic nitrogens is 1. The van der Waals surface area contributed by atoms with Gasteiger partial charge in [0.25, 0.3) is 5.91 Å². The number of amides is 1. The van der Waals surface area contributed by atoms with Gasteiger partial charge in [-0.3, -0.25) is 9.59 Å². The van der Waals surface area contributed by atoms with Crippen molar-refractivity contribution >= 4 is 23.4 Å². The Balaban J connectivity index is 1.72. The van der Waals surface area contributed by atoms with Gasteiger partial charge in [-0.15, -0.1) is 0 Å². The van der Waals surface area contributed by atoms with Crippen LogP contribution in [0, 0.1) is 5.41 Å². The lowest BCUT2D eigenvalue weighted by atomic mass is 9.88. The second-order valence-corrected chi connectivity index (χ2v) is 6.79. The molecule has 0 radical (unpaired) electrons. The zero-order chi connectivity index (χ0) is 19.4. The van der Waals surface area contributed by atoms with E-state index < -0.39 is 11.4 Å². The molecule has 1 atom stereocenters. The van der Waals surface area contributed by atoms with E-state index in [2.05, 4.69) is 4.98 Å². The Kier molecular flexibility index (Phi) is 5.41. The molecule has 0 spiro atoms. The molecule has 0 bridgehead atoms. The summed E-state index contributed by atoms with van der Waals surface area (Å²) in [5, 5.41) is 9.53. The molecule has 0 aliphatic carbocycles. The van der Waals surface area contributed by atoms with Crippen LogP contribution >= 0.6 is 0 Å². The third-order valence-corrected chi connectivity index (χ3v) is 5.00. The summed E-state index contributed by atoms with van der Waals surface area (Å²) in [6.07, 6.45) is 1.92. The number of ether oxygens (including phenoxy) is 1. The highest BCUT2D eigenvalue weighted by molar-refractivity contribution is 5.95. The summed E-state index contributed by atoms with van der Waals surface area (Å²) < 4.78 is 5.07. The van der Waals surface area contributed by atoms with Gasteiger partial charge in [-0.2, -0.15) is 0 Å². The van der Waals surface area contributed by atoms with E-state index in [1.54, 1.807) is 17.0 Å². The van der Waals surface area contributed by atoms with Gasteiger partial charge in [0, 0.05) is 39.1 Å². The van der Waals surface area contributed by atoms with Gasteiger partial charge >= 0.3 is 5.97 Å². The molecule has 2 heterocycles. The van der Waals surface area contributed by atoms with Crippen molar-refractivity contribution < 1.29 is 19.4 Å². The zero-order valence-electron chi connectivity index (χ0n) is 15.5. The van der Waals surface area contributed by atoms with Crippen molar-refractivity contribution in [2.24, 2.45) is 5.41 Å². The molecule has 3 rings (SSSR count). The maximum atomic E-state index is 12.8. The first-order valence-electron chi connectivity index (χ1n) is 8.73. The first kappa shape index (κ1) is 18.8. The Morgan fingerprint density at radius 3 is 2.59 bits per heavy atom. The number of likely N-dealkylation sites (tertiary alicyclic amines) is 1. The summed E-state index contributed by atoms with van der Waals surface area (Å²) in [5.74, 6) is -0.424. The number of carbonyl (C=O) groups is 2. The second-order valence-electron chi connectivity index (χ2n) is 6.79. The lowest BCUT2D eigenvalue weighted by Gasteiger charge is -2.24. The predicted octanol–water partition coefficient (Wildman–Crippen LogP) is 2.41. The summed E-state index contributed by atoms with van der Waals surface area (Å²) in [5.41, 5.74) is 0.402. The molecule has 7 heteroatoms. The molecular formula is C20H23N3O4. The standard InChI is InChI=1S/C20H23N3O4/c1-22(16-6-4-3-5-7-16)17-9-8-15(12-21-17)18(24)23-11-10-20(13-23,14-27-2)19(25)26/h3-9,12H,10-11,13-14H2,1-2H3,(H,25,26). The molecule has 1 unspecified atom stereocenters. The van der Waals surface area contributed by atoms with Crippen molar-refractivity contribution in [3.8, 4) is 0 Å². The third-order valence-electron chi connectivity index (χ3n) is 5.00. The highest BCUT2D eigenvalue weighted by Gasteiger charge is 2.46. The van der Waals surface area contributed by atoms with Gasteiger partial charge in [0.15, 0.2) is 0 Å². The minimum absolute atomic E-state index is 0.0885. The summed E-state index contributed by atoms with van der Waals surface area (Å²) in [4.78, 5) is 32.3. The van der Waals surface area contributed by atoms with Gasteiger partial charge in [-0.25, -0.2) is 4.98 Å². The van der Waals surface area contributed by atoms with E-state index >= 15 is 0 Å². The Morgan fingerprint density at radius 1 is 1.26 bits per heavy atom. The topological polar surface area (TPSA) is 83.0 Å². The van der Waals surface area contributed by atoms with Crippen LogP contribution in [0.5, 0.6) is 0 Å². The molecule has 1 amide bonds. The lowest BCUT2D eigenvalue weighted by Crippen LogP contribution is -2.40. The van der Waals surface area contributed by atoms with Crippen LogP contribution in [0.3, 0.4) is 0 Å². The highest BCUT2D eigenvalue weighted by atomic mass is 16.5. The summed E-state index contributed by atoms with van der Waals surface area (Å²) in [6, 6.07) is 13.3. The molecule has 1 aromatic heterocycles. The van der Waals surface area contributed by atoms with Gasteiger partial charge < -0.3 is 19.6 Å². The Labute approximate surface area is 158 Å². The molecule has 1 aliphatic heterocycles. The number of carboxylic acid groups (broad SMARTS) is 1. The quantitative estimate of drug-likeness (QED) is 0.842. The average molecular weight is 369 g/mol. The Hall–Kier alpha value is -2.93. The van der Waals surface area contributed by atoms with Gasteiger partial charge in [-0.05, 0) is 30.7 Å². The second kappa shape index (κ2) is 7.75. The fraction of sp³-hybridized carbons (Fsp3) is 0.350. The van der Waals surface area contributed by atoms with Crippen LogP contribution in [0.2, 0.25) is 0 Å². The largest absolute Gasteiger partial charge is 0.481 e.